The lowest BCUT2D eigenvalue weighted by Crippen LogP contribution is -2.67. The molecule has 0 aromatic rings. The number of hydrogen-bond acceptors (Lipinski definition) is 8. The molecule has 1 aliphatic heterocycles. The lowest BCUT2D eigenvalue weighted by molar-refractivity contribution is -0.309. The van der Waals surface area contributed by atoms with E-state index in [1.807, 2.05) is 6.92 Å². The number of hydrogen-bond donors (Lipinski definition) is 4. The molecular weight excluding hydrogens is 462 g/mol. The Morgan fingerprint density at radius 2 is 1.72 bits per heavy atom. The fourth-order valence-electron chi connectivity index (χ4n) is 9.35. The van der Waals surface area contributed by atoms with Gasteiger partial charge < -0.3 is 35.3 Å². The maximum absolute atomic E-state index is 12.8. The van der Waals surface area contributed by atoms with Crippen LogP contribution in [-0.2, 0) is 19.0 Å². The van der Waals surface area contributed by atoms with Gasteiger partial charge in [-0.1, -0.05) is 13.8 Å². The number of carbonyl (C=O) groups excluding carboxylic acids is 1. The summed E-state index contributed by atoms with van der Waals surface area (Å²) in [4.78, 5) is 12.8. The van der Waals surface area contributed by atoms with E-state index in [4.69, 9.17) is 19.9 Å². The van der Waals surface area contributed by atoms with Crippen LogP contribution in [0.1, 0.15) is 85.5 Å². The average Bonchev–Trinajstić information content (AvgIpc) is 3.12. The van der Waals surface area contributed by atoms with Gasteiger partial charge in [-0.25, -0.2) is 0 Å². The van der Waals surface area contributed by atoms with E-state index in [0.717, 1.165) is 57.8 Å². The van der Waals surface area contributed by atoms with Gasteiger partial charge in [0.1, 0.15) is 18.3 Å². The maximum atomic E-state index is 12.8. The zero-order chi connectivity index (χ0) is 26.0. The van der Waals surface area contributed by atoms with Gasteiger partial charge in [0, 0.05) is 5.54 Å². The highest BCUT2D eigenvalue weighted by atomic mass is 16.7. The van der Waals surface area contributed by atoms with Crippen molar-refractivity contribution < 1.29 is 34.3 Å². The number of carbonyl (C=O) groups is 1. The quantitative estimate of drug-likeness (QED) is 0.336. The standard InChI is InChI=1S/C28H47NO7/c1-5-34-24(33)20-10-13-28(29)19-7-6-16-14-17(36-25-23(32)22(31)21(30)15(2)35-25)8-11-26(16,3)18(19)9-12-27(20,28)4/h15-23,25,30-32H,5-14,29H2,1-4H3/t15-,16?,17-,18-,19+,20+,21-,22+,23+,25-,26-,27+,28?/m0/s1. The number of nitrogens with two attached hydrogens (primary N) is 1. The molecule has 5 rings (SSSR count). The molecule has 5 fully saturated rings. The molecule has 0 amide bonds. The Bertz CT molecular complexity index is 841. The van der Waals surface area contributed by atoms with E-state index < -0.39 is 30.7 Å². The van der Waals surface area contributed by atoms with Gasteiger partial charge in [-0.05, 0) is 100 Å². The minimum Gasteiger partial charge on any atom is -0.466 e. The summed E-state index contributed by atoms with van der Waals surface area (Å²) in [5.74, 6) is 1.28. The number of rotatable bonds is 4. The first-order chi connectivity index (χ1) is 17.0. The monoisotopic (exact) mass is 509 g/mol. The van der Waals surface area contributed by atoms with Crippen LogP contribution in [0.2, 0.25) is 0 Å². The van der Waals surface area contributed by atoms with Gasteiger partial charge >= 0.3 is 5.97 Å². The fourth-order valence-corrected chi connectivity index (χ4v) is 9.35. The Balaban J connectivity index is 1.28. The summed E-state index contributed by atoms with van der Waals surface area (Å²) in [5.41, 5.74) is 6.98. The molecule has 8 heteroatoms. The van der Waals surface area contributed by atoms with Crippen LogP contribution in [0.5, 0.6) is 0 Å². The van der Waals surface area contributed by atoms with E-state index in [0.29, 0.717) is 24.4 Å². The highest BCUT2D eigenvalue weighted by Gasteiger charge is 2.67. The SMILES string of the molecule is CCOC(=O)[C@H]1CCC2(N)[C@@H]3CCC4C[C@@H](O[C@@H]5O[C@@H](C)[C@H](O)[C@@H](O)[C@H]5O)CC[C@]4(C)[C@H]3CC[C@]12C. The Labute approximate surface area is 215 Å². The second-order valence-electron chi connectivity index (χ2n) is 13.0. The Kier molecular flexibility index (Phi) is 7.04. The lowest BCUT2D eigenvalue weighted by atomic mass is 9.42. The van der Waals surface area contributed by atoms with Crippen LogP contribution >= 0.6 is 0 Å². The van der Waals surface area contributed by atoms with Crippen LogP contribution in [0, 0.1) is 34.5 Å². The molecule has 206 valence electrons. The van der Waals surface area contributed by atoms with Crippen molar-refractivity contribution >= 4 is 5.97 Å². The number of ether oxygens (including phenoxy) is 3. The van der Waals surface area contributed by atoms with Gasteiger partial charge in [0.2, 0.25) is 0 Å². The van der Waals surface area contributed by atoms with Crippen molar-refractivity contribution in [1.29, 1.82) is 0 Å². The first-order valence-corrected chi connectivity index (χ1v) is 14.3. The largest absolute Gasteiger partial charge is 0.466 e. The number of aliphatic hydroxyl groups excluding tert-OH is 3. The lowest BCUT2D eigenvalue weighted by Gasteiger charge is -2.64. The third-order valence-electron chi connectivity index (χ3n) is 11.7. The molecule has 13 atom stereocenters. The number of aliphatic hydroxyl groups is 3. The molecule has 4 saturated carbocycles. The molecule has 1 saturated heterocycles. The van der Waals surface area contributed by atoms with Gasteiger partial charge in [-0.2, -0.15) is 0 Å². The smallest absolute Gasteiger partial charge is 0.309 e. The van der Waals surface area contributed by atoms with Crippen LogP contribution in [-0.4, -0.2) is 70.2 Å². The molecule has 0 radical (unpaired) electrons. The Hall–Kier alpha value is -0.770. The van der Waals surface area contributed by atoms with E-state index in [9.17, 15) is 20.1 Å². The van der Waals surface area contributed by atoms with Crippen LogP contribution in [0.3, 0.4) is 0 Å². The molecule has 5 N–H and O–H groups in total. The summed E-state index contributed by atoms with van der Waals surface area (Å²) in [6.45, 7) is 8.67. The summed E-state index contributed by atoms with van der Waals surface area (Å²) >= 11 is 0. The summed E-state index contributed by atoms with van der Waals surface area (Å²) in [5, 5.41) is 30.6. The van der Waals surface area contributed by atoms with E-state index in [1.165, 1.54) is 0 Å². The molecule has 0 spiro atoms. The fraction of sp³-hybridized carbons (Fsp3) is 0.964. The summed E-state index contributed by atoms with van der Waals surface area (Å²) in [6, 6.07) is 0. The van der Waals surface area contributed by atoms with Crippen molar-refractivity contribution in [2.75, 3.05) is 6.61 Å². The van der Waals surface area contributed by atoms with Crippen molar-refractivity contribution in [3.63, 3.8) is 0 Å². The first-order valence-electron chi connectivity index (χ1n) is 14.3. The average molecular weight is 510 g/mol. The van der Waals surface area contributed by atoms with Crippen LogP contribution in [0.15, 0.2) is 0 Å². The van der Waals surface area contributed by atoms with E-state index in [1.54, 1.807) is 6.92 Å². The van der Waals surface area contributed by atoms with Gasteiger partial charge in [0.05, 0.1) is 24.7 Å². The molecule has 8 nitrogen and oxygen atoms in total. The number of fused-ring (bicyclic) bond motifs is 5. The second kappa shape index (κ2) is 9.45. The molecular formula is C28H47NO7. The molecule has 36 heavy (non-hydrogen) atoms. The molecule has 5 aliphatic rings. The third-order valence-corrected chi connectivity index (χ3v) is 11.7. The van der Waals surface area contributed by atoms with Gasteiger partial charge in [-0.15, -0.1) is 0 Å². The molecule has 4 aliphatic carbocycles. The van der Waals surface area contributed by atoms with E-state index in [-0.39, 0.29) is 34.4 Å². The normalized spacial score (nSPS) is 54.8. The van der Waals surface area contributed by atoms with E-state index >= 15 is 0 Å². The minimum atomic E-state index is -1.27. The van der Waals surface area contributed by atoms with Crippen molar-refractivity contribution in [2.24, 2.45) is 40.2 Å². The topological polar surface area (TPSA) is 131 Å². The summed E-state index contributed by atoms with van der Waals surface area (Å²) in [6.07, 6.45) is 3.52. The highest BCUT2D eigenvalue weighted by molar-refractivity contribution is 5.74. The summed E-state index contributed by atoms with van der Waals surface area (Å²) < 4.78 is 17.4. The minimum absolute atomic E-state index is 0.0470. The van der Waals surface area contributed by atoms with Gasteiger partial charge in [0.25, 0.3) is 0 Å². The third kappa shape index (κ3) is 3.89. The number of esters is 1. The molecule has 2 unspecified atom stereocenters. The highest BCUT2D eigenvalue weighted by Crippen LogP contribution is 2.68. The maximum Gasteiger partial charge on any atom is 0.309 e. The first kappa shape index (κ1) is 26.8. The van der Waals surface area contributed by atoms with Crippen LogP contribution < -0.4 is 5.73 Å². The molecule has 0 bridgehead atoms. The van der Waals surface area contributed by atoms with Crippen LogP contribution in [0.25, 0.3) is 0 Å². The van der Waals surface area contributed by atoms with Crippen LogP contribution in [0.4, 0.5) is 0 Å². The Morgan fingerprint density at radius 3 is 2.44 bits per heavy atom. The zero-order valence-electron chi connectivity index (χ0n) is 22.4. The van der Waals surface area contributed by atoms with Crippen molar-refractivity contribution in [1.82, 2.24) is 0 Å². The molecule has 1 heterocycles. The van der Waals surface area contributed by atoms with Gasteiger partial charge in [0.15, 0.2) is 6.29 Å². The predicted molar refractivity (Wildman–Crippen MR) is 133 cm³/mol. The van der Waals surface area contributed by atoms with Crippen molar-refractivity contribution in [2.45, 2.75) is 128 Å². The predicted octanol–water partition coefficient (Wildman–Crippen LogP) is 2.50. The Morgan fingerprint density at radius 1 is 0.972 bits per heavy atom. The molecule has 0 aromatic carbocycles. The molecule has 0 aromatic heterocycles. The zero-order valence-corrected chi connectivity index (χ0v) is 22.4. The van der Waals surface area contributed by atoms with Crippen molar-refractivity contribution in [3.8, 4) is 0 Å². The van der Waals surface area contributed by atoms with Gasteiger partial charge in [-0.3, -0.25) is 4.79 Å². The summed E-state index contributed by atoms with van der Waals surface area (Å²) in [7, 11) is 0. The van der Waals surface area contributed by atoms with Crippen molar-refractivity contribution in [3.05, 3.63) is 0 Å². The second-order valence-corrected chi connectivity index (χ2v) is 13.0. The van der Waals surface area contributed by atoms with E-state index in [2.05, 4.69) is 13.8 Å².